The summed E-state index contributed by atoms with van der Waals surface area (Å²) in [6.45, 7) is 0. The van der Waals surface area contributed by atoms with Crippen LogP contribution in [0.5, 0.6) is 0 Å². The van der Waals surface area contributed by atoms with E-state index in [9.17, 15) is 4.79 Å². The van der Waals surface area contributed by atoms with Crippen LogP contribution in [0.15, 0.2) is 35.8 Å². The van der Waals surface area contributed by atoms with Gasteiger partial charge < -0.3 is 0 Å². The van der Waals surface area contributed by atoms with Crippen LogP contribution >= 0.6 is 11.3 Å². The lowest BCUT2D eigenvalue weighted by Crippen LogP contribution is -2.15. The molecule has 6 nitrogen and oxygen atoms in total. The summed E-state index contributed by atoms with van der Waals surface area (Å²) in [5, 5.41) is 13.3. The summed E-state index contributed by atoms with van der Waals surface area (Å²) in [4.78, 5) is 20.9. The summed E-state index contributed by atoms with van der Waals surface area (Å²) >= 11 is 1.36. The van der Waals surface area contributed by atoms with Gasteiger partial charge in [0.1, 0.15) is 5.69 Å². The van der Waals surface area contributed by atoms with Gasteiger partial charge in [0, 0.05) is 11.6 Å². The number of amides is 1. The first-order valence-corrected chi connectivity index (χ1v) is 8.21. The van der Waals surface area contributed by atoms with Gasteiger partial charge in [-0.25, -0.2) is 4.98 Å². The van der Waals surface area contributed by atoms with Crippen LogP contribution < -0.4 is 5.32 Å². The second-order valence-electron chi connectivity index (χ2n) is 5.26. The van der Waals surface area contributed by atoms with Crippen LogP contribution in [-0.4, -0.2) is 26.1 Å². The largest absolute Gasteiger partial charge is 0.296 e. The van der Waals surface area contributed by atoms with E-state index in [1.165, 1.54) is 11.3 Å². The number of aromatic nitrogens is 4. The van der Waals surface area contributed by atoms with E-state index >= 15 is 0 Å². The van der Waals surface area contributed by atoms with Crippen molar-refractivity contribution in [2.45, 2.75) is 19.3 Å². The molecule has 1 aliphatic carbocycles. The molecule has 114 valence electrons. The number of thiazole rings is 1. The number of hydrogen-bond acceptors (Lipinski definition) is 6. The molecule has 4 rings (SSSR count). The summed E-state index contributed by atoms with van der Waals surface area (Å²) in [7, 11) is 0. The number of rotatable bonds is 3. The molecule has 3 aromatic heterocycles. The predicted octanol–water partition coefficient (Wildman–Crippen LogP) is 2.74. The highest BCUT2D eigenvalue weighted by Crippen LogP contribution is 2.24. The lowest BCUT2D eigenvalue weighted by atomic mass is 10.2. The van der Waals surface area contributed by atoms with E-state index in [4.69, 9.17) is 0 Å². The van der Waals surface area contributed by atoms with E-state index < -0.39 is 0 Å². The molecular formula is C16H13N5OS. The zero-order valence-electron chi connectivity index (χ0n) is 12.2. The zero-order valence-corrected chi connectivity index (χ0v) is 13.0. The molecule has 0 atom stereocenters. The fourth-order valence-electron chi connectivity index (χ4n) is 2.56. The number of carbonyl (C=O) groups excluding carboxylic acids is 1. The molecule has 1 N–H and O–H groups in total. The Morgan fingerprint density at radius 3 is 3.00 bits per heavy atom. The fraction of sp³-hybridized carbons (Fsp3) is 0.188. The van der Waals surface area contributed by atoms with Crippen molar-refractivity contribution in [3.63, 3.8) is 0 Å². The summed E-state index contributed by atoms with van der Waals surface area (Å²) in [5.74, 6) is -0.283. The van der Waals surface area contributed by atoms with Crippen molar-refractivity contribution >= 4 is 22.4 Å². The van der Waals surface area contributed by atoms with Gasteiger partial charge in [-0.05, 0) is 43.0 Å². The Labute approximate surface area is 136 Å². The van der Waals surface area contributed by atoms with Gasteiger partial charge in [0.15, 0.2) is 10.8 Å². The fourth-order valence-corrected chi connectivity index (χ4v) is 3.26. The monoisotopic (exact) mass is 323 g/mol. The molecule has 0 fully saturated rings. The highest BCUT2D eigenvalue weighted by molar-refractivity contribution is 7.14. The number of nitrogens with one attached hydrogen (secondary N) is 1. The van der Waals surface area contributed by atoms with Crippen LogP contribution in [0.25, 0.3) is 11.4 Å². The van der Waals surface area contributed by atoms with Crippen LogP contribution in [0.3, 0.4) is 0 Å². The molecule has 0 saturated heterocycles. The van der Waals surface area contributed by atoms with E-state index in [1.54, 1.807) is 6.20 Å². The molecule has 23 heavy (non-hydrogen) atoms. The highest BCUT2D eigenvalue weighted by atomic mass is 32.1. The van der Waals surface area contributed by atoms with Crippen LogP contribution in [-0.2, 0) is 12.8 Å². The SMILES string of the molecule is O=C(Nc1nc(-c2ccccn2)cs1)c1cc2c(nn1)CCC2. The van der Waals surface area contributed by atoms with Crippen molar-refractivity contribution in [1.82, 2.24) is 20.2 Å². The minimum absolute atomic E-state index is 0.283. The molecule has 0 saturated carbocycles. The normalized spacial score (nSPS) is 12.9. The van der Waals surface area contributed by atoms with Crippen molar-refractivity contribution in [3.8, 4) is 11.4 Å². The van der Waals surface area contributed by atoms with E-state index in [1.807, 2.05) is 29.6 Å². The Bertz CT molecular complexity index is 862. The zero-order chi connectivity index (χ0) is 15.6. The highest BCUT2D eigenvalue weighted by Gasteiger charge is 2.17. The molecule has 7 heteroatoms. The number of carbonyl (C=O) groups is 1. The Morgan fingerprint density at radius 1 is 1.17 bits per heavy atom. The number of nitrogens with zero attached hydrogens (tertiary/aromatic N) is 4. The van der Waals surface area contributed by atoms with Crippen molar-refractivity contribution in [1.29, 1.82) is 0 Å². The van der Waals surface area contributed by atoms with E-state index in [-0.39, 0.29) is 5.91 Å². The number of hydrogen-bond donors (Lipinski definition) is 1. The molecular weight excluding hydrogens is 310 g/mol. The van der Waals surface area contributed by atoms with Crippen LogP contribution in [0, 0.1) is 0 Å². The topological polar surface area (TPSA) is 80.7 Å². The Kier molecular flexibility index (Phi) is 3.55. The maximum absolute atomic E-state index is 12.3. The van der Waals surface area contributed by atoms with Crippen LogP contribution in [0.2, 0.25) is 0 Å². The van der Waals surface area contributed by atoms with E-state index in [2.05, 4.69) is 25.5 Å². The Hall–Kier alpha value is -2.67. The Balaban J connectivity index is 1.52. The molecule has 0 radical (unpaired) electrons. The molecule has 0 aromatic carbocycles. The minimum Gasteiger partial charge on any atom is -0.296 e. The van der Waals surface area contributed by atoms with Gasteiger partial charge in [-0.3, -0.25) is 15.1 Å². The number of fused-ring (bicyclic) bond motifs is 1. The maximum Gasteiger partial charge on any atom is 0.277 e. The average molecular weight is 323 g/mol. The molecule has 1 aliphatic rings. The molecule has 3 heterocycles. The summed E-state index contributed by atoms with van der Waals surface area (Å²) < 4.78 is 0. The summed E-state index contributed by atoms with van der Waals surface area (Å²) in [6, 6.07) is 7.47. The quantitative estimate of drug-likeness (QED) is 0.801. The maximum atomic E-state index is 12.3. The average Bonchev–Trinajstić information content (AvgIpc) is 3.24. The summed E-state index contributed by atoms with van der Waals surface area (Å²) in [5.41, 5.74) is 3.99. The van der Waals surface area contributed by atoms with Crippen molar-refractivity contribution in [2.75, 3.05) is 5.32 Å². The van der Waals surface area contributed by atoms with Crippen molar-refractivity contribution in [3.05, 3.63) is 52.8 Å². The van der Waals surface area contributed by atoms with Crippen molar-refractivity contribution in [2.24, 2.45) is 0 Å². The lowest BCUT2D eigenvalue weighted by Gasteiger charge is -2.02. The van der Waals surface area contributed by atoms with Crippen LogP contribution in [0.4, 0.5) is 5.13 Å². The second-order valence-corrected chi connectivity index (χ2v) is 6.12. The third-order valence-electron chi connectivity index (χ3n) is 3.70. The van der Waals surface area contributed by atoms with Gasteiger partial charge in [0.25, 0.3) is 5.91 Å². The molecule has 0 bridgehead atoms. The minimum atomic E-state index is -0.283. The third kappa shape index (κ3) is 2.83. The first-order chi connectivity index (χ1) is 11.3. The van der Waals surface area contributed by atoms with Gasteiger partial charge in [-0.1, -0.05) is 6.07 Å². The molecule has 1 amide bonds. The second kappa shape index (κ2) is 5.85. The molecule has 0 unspecified atom stereocenters. The van der Waals surface area contributed by atoms with Gasteiger partial charge in [-0.15, -0.1) is 16.4 Å². The van der Waals surface area contributed by atoms with Crippen LogP contribution in [0.1, 0.15) is 28.2 Å². The number of anilines is 1. The third-order valence-corrected chi connectivity index (χ3v) is 4.46. The van der Waals surface area contributed by atoms with Gasteiger partial charge in [0.05, 0.1) is 11.4 Å². The van der Waals surface area contributed by atoms with Crippen molar-refractivity contribution < 1.29 is 4.79 Å². The smallest absolute Gasteiger partial charge is 0.277 e. The lowest BCUT2D eigenvalue weighted by molar-refractivity contribution is 0.102. The Morgan fingerprint density at radius 2 is 2.13 bits per heavy atom. The van der Waals surface area contributed by atoms with Gasteiger partial charge in [-0.2, -0.15) is 5.10 Å². The molecule has 3 aromatic rings. The first kappa shape index (κ1) is 14.0. The number of pyridine rings is 1. The van der Waals surface area contributed by atoms with Gasteiger partial charge in [0.2, 0.25) is 0 Å². The van der Waals surface area contributed by atoms with E-state index in [0.29, 0.717) is 10.8 Å². The predicted molar refractivity (Wildman–Crippen MR) is 87.4 cm³/mol. The van der Waals surface area contributed by atoms with Gasteiger partial charge >= 0.3 is 0 Å². The number of aryl methyl sites for hydroxylation is 2. The summed E-state index contributed by atoms with van der Waals surface area (Å²) in [6.07, 6.45) is 4.71. The standard InChI is InChI=1S/C16H13N5OS/c22-15(13-8-10-4-3-6-11(10)20-21-13)19-16-18-14(9-23-16)12-5-1-2-7-17-12/h1-2,5,7-9H,3-4,6H2,(H,18,19,22). The molecule has 0 spiro atoms. The molecule has 0 aliphatic heterocycles. The first-order valence-electron chi connectivity index (χ1n) is 7.33. The van der Waals surface area contributed by atoms with E-state index in [0.717, 1.165) is 41.9 Å².